The Kier molecular flexibility index (Phi) is 7.95. The molecule has 0 fully saturated rings. The number of carbonyl (C=O) groups excluding carboxylic acids is 2. The van der Waals surface area contributed by atoms with Crippen LogP contribution in [0.1, 0.15) is 40.1 Å². The van der Waals surface area contributed by atoms with Crippen LogP contribution in [0.3, 0.4) is 0 Å². The number of nitrogens with zero attached hydrogens (tertiary/aromatic N) is 2. The Hall–Kier alpha value is -3.52. The van der Waals surface area contributed by atoms with E-state index in [1.165, 1.54) is 4.68 Å². The molecule has 8 nitrogen and oxygen atoms in total. The predicted molar refractivity (Wildman–Crippen MR) is 124 cm³/mol. The van der Waals surface area contributed by atoms with Crippen molar-refractivity contribution < 1.29 is 23.8 Å². The normalized spacial score (nSPS) is 11.5. The number of benzene rings is 2. The molecule has 0 aliphatic heterocycles. The molecular formula is C24H26ClN3O5. The first kappa shape index (κ1) is 24.1. The average Bonchev–Trinajstić information content (AvgIpc) is 3.10. The summed E-state index contributed by atoms with van der Waals surface area (Å²) in [6.07, 6.45) is 0. The maximum Gasteiger partial charge on any atom is 0.343 e. The van der Waals surface area contributed by atoms with E-state index in [9.17, 15) is 9.59 Å². The Labute approximate surface area is 197 Å². The summed E-state index contributed by atoms with van der Waals surface area (Å²) in [4.78, 5) is 25.0. The minimum Gasteiger partial charge on any atom is -0.497 e. The molecule has 1 aromatic heterocycles. The van der Waals surface area contributed by atoms with Crippen LogP contribution in [0.4, 0.5) is 0 Å². The first-order valence-corrected chi connectivity index (χ1v) is 10.7. The van der Waals surface area contributed by atoms with Gasteiger partial charge in [0.25, 0.3) is 5.91 Å². The lowest BCUT2D eigenvalue weighted by atomic mass is 10.1. The number of amides is 1. The molecular weight excluding hydrogens is 446 g/mol. The van der Waals surface area contributed by atoms with Gasteiger partial charge < -0.3 is 19.5 Å². The Morgan fingerprint density at radius 3 is 2.52 bits per heavy atom. The average molecular weight is 472 g/mol. The van der Waals surface area contributed by atoms with Crippen molar-refractivity contribution in [1.82, 2.24) is 15.1 Å². The summed E-state index contributed by atoms with van der Waals surface area (Å²) >= 11 is 6.39. The number of halogens is 1. The lowest BCUT2D eigenvalue weighted by molar-refractivity contribution is -0.124. The maximum absolute atomic E-state index is 12.6. The first-order valence-electron chi connectivity index (χ1n) is 10.3. The number of methoxy groups -OCH3 is 2. The van der Waals surface area contributed by atoms with Crippen LogP contribution in [-0.2, 0) is 16.1 Å². The molecule has 1 amide bonds. The van der Waals surface area contributed by atoms with Gasteiger partial charge >= 0.3 is 5.97 Å². The standard InChI is InChI=1S/C24H26ClN3O5/c1-15(19-12-18(31-3)10-11-20(19)32-4)26-21(29)14-33-24(30)22-16(2)27-28(23(22)25)13-17-8-6-5-7-9-17/h5-12,15H,13-14H2,1-4H3,(H,26,29). The third-order valence-electron chi connectivity index (χ3n) is 5.06. The van der Waals surface area contributed by atoms with Gasteiger partial charge in [0.1, 0.15) is 22.2 Å². The number of nitrogens with one attached hydrogen (secondary N) is 1. The smallest absolute Gasteiger partial charge is 0.343 e. The van der Waals surface area contributed by atoms with E-state index < -0.39 is 24.5 Å². The highest BCUT2D eigenvalue weighted by molar-refractivity contribution is 6.32. The SMILES string of the molecule is COc1ccc(OC)c(C(C)NC(=O)COC(=O)c2c(C)nn(Cc3ccccc3)c2Cl)c1. The van der Waals surface area contributed by atoms with Crippen molar-refractivity contribution in [3.63, 3.8) is 0 Å². The molecule has 0 aliphatic rings. The molecule has 2 aromatic carbocycles. The predicted octanol–water partition coefficient (Wildman–Crippen LogP) is 3.94. The minimum absolute atomic E-state index is 0.142. The molecule has 0 saturated carbocycles. The number of aromatic nitrogens is 2. The van der Waals surface area contributed by atoms with E-state index in [1.807, 2.05) is 30.3 Å². The van der Waals surface area contributed by atoms with Crippen molar-refractivity contribution >= 4 is 23.5 Å². The molecule has 0 saturated heterocycles. The van der Waals surface area contributed by atoms with Crippen LogP contribution in [0.5, 0.6) is 11.5 Å². The van der Waals surface area contributed by atoms with Gasteiger partial charge in [-0.1, -0.05) is 41.9 Å². The van der Waals surface area contributed by atoms with E-state index in [-0.39, 0.29) is 10.7 Å². The van der Waals surface area contributed by atoms with Gasteiger partial charge in [0.2, 0.25) is 0 Å². The van der Waals surface area contributed by atoms with Crippen molar-refractivity contribution in [2.24, 2.45) is 0 Å². The van der Waals surface area contributed by atoms with Gasteiger partial charge in [-0.15, -0.1) is 0 Å². The molecule has 33 heavy (non-hydrogen) atoms. The van der Waals surface area contributed by atoms with E-state index in [1.54, 1.807) is 46.3 Å². The molecule has 9 heteroatoms. The highest BCUT2D eigenvalue weighted by Gasteiger charge is 2.23. The summed E-state index contributed by atoms with van der Waals surface area (Å²) in [6, 6.07) is 14.5. The number of carbonyl (C=O) groups is 2. The van der Waals surface area contributed by atoms with Crippen LogP contribution in [0.2, 0.25) is 5.15 Å². The maximum atomic E-state index is 12.6. The van der Waals surface area contributed by atoms with Gasteiger partial charge in [-0.25, -0.2) is 9.48 Å². The molecule has 1 atom stereocenters. The van der Waals surface area contributed by atoms with Crippen LogP contribution in [0.15, 0.2) is 48.5 Å². The Morgan fingerprint density at radius 2 is 1.85 bits per heavy atom. The van der Waals surface area contributed by atoms with Crippen molar-refractivity contribution in [2.45, 2.75) is 26.4 Å². The number of hydrogen-bond acceptors (Lipinski definition) is 6. The molecule has 1 unspecified atom stereocenters. The van der Waals surface area contributed by atoms with E-state index in [0.717, 1.165) is 11.1 Å². The molecule has 3 aromatic rings. The van der Waals surface area contributed by atoms with Crippen LogP contribution in [0, 0.1) is 6.92 Å². The van der Waals surface area contributed by atoms with Crippen molar-refractivity contribution in [3.8, 4) is 11.5 Å². The fourth-order valence-electron chi connectivity index (χ4n) is 3.39. The van der Waals surface area contributed by atoms with Crippen LogP contribution in [-0.4, -0.2) is 42.5 Å². The Bertz CT molecular complexity index is 1130. The van der Waals surface area contributed by atoms with Crippen molar-refractivity contribution in [1.29, 1.82) is 0 Å². The van der Waals surface area contributed by atoms with E-state index in [2.05, 4.69) is 10.4 Å². The number of esters is 1. The third-order valence-corrected chi connectivity index (χ3v) is 5.44. The third kappa shape index (κ3) is 5.84. The highest BCUT2D eigenvalue weighted by atomic mass is 35.5. The second-order valence-corrected chi connectivity index (χ2v) is 7.73. The van der Waals surface area contributed by atoms with Crippen molar-refractivity contribution in [2.75, 3.05) is 20.8 Å². The Morgan fingerprint density at radius 1 is 1.12 bits per heavy atom. The fourth-order valence-corrected chi connectivity index (χ4v) is 3.70. The van der Waals surface area contributed by atoms with Gasteiger partial charge in [-0.05, 0) is 37.6 Å². The summed E-state index contributed by atoms with van der Waals surface area (Å²) in [7, 11) is 3.11. The lowest BCUT2D eigenvalue weighted by Gasteiger charge is -2.18. The topological polar surface area (TPSA) is 91.7 Å². The molecule has 3 rings (SSSR count). The summed E-state index contributed by atoms with van der Waals surface area (Å²) in [5.41, 5.74) is 2.29. The van der Waals surface area contributed by atoms with Gasteiger partial charge in [-0.2, -0.15) is 5.10 Å². The summed E-state index contributed by atoms with van der Waals surface area (Å²) in [5.74, 6) is 0.0644. The Balaban J connectivity index is 1.62. The molecule has 0 spiro atoms. The van der Waals surface area contributed by atoms with Gasteiger partial charge in [0.15, 0.2) is 6.61 Å². The number of aryl methyl sites for hydroxylation is 1. The fraction of sp³-hybridized carbons (Fsp3) is 0.292. The number of ether oxygens (including phenoxy) is 3. The molecule has 0 bridgehead atoms. The zero-order chi connectivity index (χ0) is 24.0. The summed E-state index contributed by atoms with van der Waals surface area (Å²) < 4.78 is 17.3. The van der Waals surface area contributed by atoms with Gasteiger partial charge in [0, 0.05) is 5.56 Å². The van der Waals surface area contributed by atoms with Gasteiger partial charge in [-0.3, -0.25) is 4.79 Å². The zero-order valence-corrected chi connectivity index (χ0v) is 19.7. The van der Waals surface area contributed by atoms with Crippen LogP contribution >= 0.6 is 11.6 Å². The van der Waals surface area contributed by atoms with Crippen LogP contribution < -0.4 is 14.8 Å². The highest BCUT2D eigenvalue weighted by Crippen LogP contribution is 2.29. The van der Waals surface area contributed by atoms with E-state index in [4.69, 9.17) is 25.8 Å². The monoisotopic (exact) mass is 471 g/mol. The van der Waals surface area contributed by atoms with Gasteiger partial charge in [0.05, 0.1) is 32.5 Å². The molecule has 1 N–H and O–H groups in total. The van der Waals surface area contributed by atoms with E-state index >= 15 is 0 Å². The molecule has 174 valence electrons. The quantitative estimate of drug-likeness (QED) is 0.475. The summed E-state index contributed by atoms with van der Waals surface area (Å²) in [5, 5.41) is 7.29. The van der Waals surface area contributed by atoms with Crippen molar-refractivity contribution in [3.05, 3.63) is 76.1 Å². The molecule has 0 aliphatic carbocycles. The summed E-state index contributed by atoms with van der Waals surface area (Å²) in [6.45, 7) is 3.41. The van der Waals surface area contributed by atoms with Crippen LogP contribution in [0.25, 0.3) is 0 Å². The second-order valence-electron chi connectivity index (χ2n) is 7.37. The minimum atomic E-state index is -0.710. The number of rotatable bonds is 9. The molecule has 1 heterocycles. The second kappa shape index (κ2) is 10.9. The number of hydrogen-bond donors (Lipinski definition) is 1. The largest absolute Gasteiger partial charge is 0.497 e. The molecule has 0 radical (unpaired) electrons. The zero-order valence-electron chi connectivity index (χ0n) is 18.9. The lowest BCUT2D eigenvalue weighted by Crippen LogP contribution is -2.31. The van der Waals surface area contributed by atoms with E-state index in [0.29, 0.717) is 23.7 Å². The first-order chi connectivity index (χ1) is 15.8.